The first kappa shape index (κ1) is 15.9. The molecule has 8 heteroatoms. The number of guanidine groups is 1. The highest BCUT2D eigenvalue weighted by Gasteiger charge is 2.27. The van der Waals surface area contributed by atoms with Crippen molar-refractivity contribution in [3.05, 3.63) is 58.4 Å². The van der Waals surface area contributed by atoms with E-state index in [4.69, 9.17) is 15.2 Å². The maximum Gasteiger partial charge on any atom is 0.282 e. The second-order valence-corrected chi connectivity index (χ2v) is 5.75. The molecule has 8 nitrogen and oxygen atoms in total. The van der Waals surface area contributed by atoms with Gasteiger partial charge in [0.05, 0.1) is 25.1 Å². The topological polar surface area (TPSA) is 104 Å². The third-order valence-electron chi connectivity index (χ3n) is 4.29. The van der Waals surface area contributed by atoms with Gasteiger partial charge in [-0.1, -0.05) is 12.1 Å². The molecule has 0 unspecified atom stereocenters. The Morgan fingerprint density at radius 3 is 2.73 bits per heavy atom. The van der Waals surface area contributed by atoms with Gasteiger partial charge >= 0.3 is 0 Å². The van der Waals surface area contributed by atoms with Gasteiger partial charge in [0.25, 0.3) is 5.56 Å². The predicted octanol–water partition coefficient (Wildman–Crippen LogP) is 1.70. The summed E-state index contributed by atoms with van der Waals surface area (Å²) in [6.45, 7) is 0. The normalized spacial score (nSPS) is 15.8. The number of aromatic nitrogens is 2. The minimum atomic E-state index is -0.537. The van der Waals surface area contributed by atoms with Gasteiger partial charge in [0.15, 0.2) is 12.1 Å². The number of fused-ring (bicyclic) bond motifs is 3. The molecule has 4 rings (SSSR count). The van der Waals surface area contributed by atoms with Gasteiger partial charge in [-0.05, 0) is 24.3 Å². The number of benzene rings is 2. The molecule has 2 heterocycles. The van der Waals surface area contributed by atoms with Gasteiger partial charge in [0.1, 0.15) is 11.5 Å². The average molecular weight is 351 g/mol. The molecule has 0 bridgehead atoms. The van der Waals surface area contributed by atoms with Crippen molar-refractivity contribution in [1.82, 2.24) is 9.55 Å². The van der Waals surface area contributed by atoms with Crippen LogP contribution < -0.4 is 26.1 Å². The molecule has 3 aromatic rings. The summed E-state index contributed by atoms with van der Waals surface area (Å²) >= 11 is 0. The Hall–Kier alpha value is -3.55. The van der Waals surface area contributed by atoms with Gasteiger partial charge in [-0.3, -0.25) is 14.7 Å². The number of ether oxygens (including phenoxy) is 2. The first-order valence-electron chi connectivity index (χ1n) is 7.96. The van der Waals surface area contributed by atoms with E-state index in [1.165, 1.54) is 0 Å². The van der Waals surface area contributed by atoms with Crippen molar-refractivity contribution < 1.29 is 9.47 Å². The van der Waals surface area contributed by atoms with E-state index in [-0.39, 0.29) is 11.5 Å². The quantitative estimate of drug-likeness (QED) is 0.744. The van der Waals surface area contributed by atoms with Crippen molar-refractivity contribution in [3.63, 3.8) is 0 Å². The second kappa shape index (κ2) is 6.07. The van der Waals surface area contributed by atoms with Crippen LogP contribution in [0.2, 0.25) is 0 Å². The third-order valence-corrected chi connectivity index (χ3v) is 4.29. The molecule has 0 aliphatic carbocycles. The monoisotopic (exact) mass is 351 g/mol. The number of nitrogens with one attached hydrogen (secondary N) is 1. The molecule has 2 aromatic carbocycles. The lowest BCUT2D eigenvalue weighted by atomic mass is 10.1. The fourth-order valence-electron chi connectivity index (χ4n) is 3.10. The van der Waals surface area contributed by atoms with E-state index >= 15 is 0 Å². The zero-order valence-corrected chi connectivity index (χ0v) is 14.3. The number of para-hydroxylation sites is 1. The molecule has 1 aliphatic rings. The third kappa shape index (κ3) is 2.43. The van der Waals surface area contributed by atoms with Crippen LogP contribution in [0, 0.1) is 0 Å². The van der Waals surface area contributed by atoms with Crippen LogP contribution in [-0.4, -0.2) is 29.7 Å². The average Bonchev–Trinajstić information content (AvgIpc) is 2.66. The smallest absolute Gasteiger partial charge is 0.282 e. The molecule has 0 saturated heterocycles. The van der Waals surface area contributed by atoms with E-state index in [0.29, 0.717) is 28.4 Å². The lowest BCUT2D eigenvalue weighted by Crippen LogP contribution is -2.35. The zero-order valence-electron chi connectivity index (χ0n) is 14.3. The highest BCUT2D eigenvalue weighted by atomic mass is 16.5. The van der Waals surface area contributed by atoms with Crippen molar-refractivity contribution in [2.45, 2.75) is 6.17 Å². The maximum absolute atomic E-state index is 12.3. The maximum atomic E-state index is 12.3. The molecule has 0 saturated carbocycles. The number of aliphatic imine (C=N–C) groups is 1. The molecular formula is C18H17N5O3. The Bertz CT molecular complexity index is 1090. The van der Waals surface area contributed by atoms with Crippen LogP contribution in [0.25, 0.3) is 10.9 Å². The number of nitrogens with zero attached hydrogens (tertiary/aromatic N) is 3. The van der Waals surface area contributed by atoms with E-state index in [2.05, 4.69) is 15.3 Å². The molecule has 1 aromatic heterocycles. The van der Waals surface area contributed by atoms with Crippen molar-refractivity contribution in [1.29, 1.82) is 0 Å². The fraction of sp³-hybridized carbons (Fsp3) is 0.167. The van der Waals surface area contributed by atoms with Crippen LogP contribution in [0.1, 0.15) is 11.7 Å². The fourth-order valence-corrected chi connectivity index (χ4v) is 3.10. The number of nitrogens with two attached hydrogens (primary N) is 1. The summed E-state index contributed by atoms with van der Waals surface area (Å²) in [5.74, 6) is 1.78. The molecule has 1 aliphatic heterocycles. The van der Waals surface area contributed by atoms with Crippen LogP contribution >= 0.6 is 0 Å². The summed E-state index contributed by atoms with van der Waals surface area (Å²) in [5.41, 5.74) is 7.09. The zero-order chi connectivity index (χ0) is 18.3. The molecule has 0 amide bonds. The van der Waals surface area contributed by atoms with Gasteiger partial charge in [0.2, 0.25) is 5.95 Å². The molecule has 0 fully saturated rings. The summed E-state index contributed by atoms with van der Waals surface area (Å²) in [4.78, 5) is 21.0. The van der Waals surface area contributed by atoms with Gasteiger partial charge in [-0.2, -0.15) is 4.98 Å². The van der Waals surface area contributed by atoms with Gasteiger partial charge in [0, 0.05) is 11.6 Å². The van der Waals surface area contributed by atoms with Crippen LogP contribution in [0.3, 0.4) is 0 Å². The van der Waals surface area contributed by atoms with E-state index in [1.807, 2.05) is 28.8 Å². The summed E-state index contributed by atoms with van der Waals surface area (Å²) in [5, 5.41) is 3.37. The van der Waals surface area contributed by atoms with E-state index in [1.54, 1.807) is 32.4 Å². The molecule has 1 atom stereocenters. The van der Waals surface area contributed by atoms with Crippen molar-refractivity contribution >= 4 is 22.8 Å². The van der Waals surface area contributed by atoms with Gasteiger partial charge < -0.3 is 15.2 Å². The lowest BCUT2D eigenvalue weighted by molar-refractivity contribution is 0.386. The minimum Gasteiger partial charge on any atom is -0.497 e. The first-order chi connectivity index (χ1) is 12.6. The number of anilines is 1. The predicted molar refractivity (Wildman–Crippen MR) is 98.9 cm³/mol. The minimum absolute atomic E-state index is 0.176. The molecule has 26 heavy (non-hydrogen) atoms. The van der Waals surface area contributed by atoms with Crippen LogP contribution in [-0.2, 0) is 0 Å². The number of methoxy groups -OCH3 is 2. The number of rotatable bonds is 3. The highest BCUT2D eigenvalue weighted by Crippen LogP contribution is 2.36. The Balaban J connectivity index is 2.01. The highest BCUT2D eigenvalue weighted by molar-refractivity contribution is 5.93. The summed E-state index contributed by atoms with van der Waals surface area (Å²) < 4.78 is 12.6. The van der Waals surface area contributed by atoms with E-state index in [0.717, 1.165) is 5.56 Å². The van der Waals surface area contributed by atoms with Crippen molar-refractivity contribution in [3.8, 4) is 11.5 Å². The summed E-state index contributed by atoms with van der Waals surface area (Å²) in [6, 6.07) is 12.7. The Kier molecular flexibility index (Phi) is 3.72. The molecule has 0 radical (unpaired) electrons. The van der Waals surface area contributed by atoms with Crippen molar-refractivity contribution in [2.24, 2.45) is 10.7 Å². The molecule has 3 N–H and O–H groups in total. The second-order valence-electron chi connectivity index (χ2n) is 5.75. The van der Waals surface area contributed by atoms with E-state index < -0.39 is 6.17 Å². The Labute approximate surface area is 148 Å². The number of hydrogen-bond acceptors (Lipinski definition) is 7. The SMILES string of the molecule is COc1ccc([C@H]2N=C(N)Nc3nc(=O)c4ccccc4n32)c(OC)c1. The molecule has 132 valence electrons. The summed E-state index contributed by atoms with van der Waals surface area (Å²) in [6.07, 6.45) is -0.537. The Morgan fingerprint density at radius 2 is 1.96 bits per heavy atom. The summed E-state index contributed by atoms with van der Waals surface area (Å²) in [7, 11) is 3.17. The van der Waals surface area contributed by atoms with Crippen LogP contribution in [0.15, 0.2) is 52.3 Å². The van der Waals surface area contributed by atoms with Crippen LogP contribution in [0.4, 0.5) is 5.95 Å². The first-order valence-corrected chi connectivity index (χ1v) is 7.96. The van der Waals surface area contributed by atoms with Gasteiger partial charge in [-0.25, -0.2) is 4.99 Å². The van der Waals surface area contributed by atoms with E-state index in [9.17, 15) is 4.79 Å². The number of hydrogen-bond donors (Lipinski definition) is 2. The Morgan fingerprint density at radius 1 is 1.15 bits per heavy atom. The van der Waals surface area contributed by atoms with Crippen LogP contribution in [0.5, 0.6) is 11.5 Å². The molecular weight excluding hydrogens is 334 g/mol. The van der Waals surface area contributed by atoms with Crippen molar-refractivity contribution in [2.75, 3.05) is 19.5 Å². The van der Waals surface area contributed by atoms with Gasteiger partial charge in [-0.15, -0.1) is 0 Å². The lowest BCUT2D eigenvalue weighted by Gasteiger charge is -2.28. The largest absolute Gasteiger partial charge is 0.497 e. The standard InChI is InChI=1S/C18H17N5O3/c1-25-10-7-8-12(14(9-10)26-2)15-20-17(19)22-18-21-16(24)11-5-3-4-6-13(11)23(15)18/h3-9,15H,1-2H3,(H3,19,20,21,22,24)/t15-/m0/s1. The molecule has 0 spiro atoms.